The molecule has 19 heavy (non-hydrogen) atoms. The zero-order chi connectivity index (χ0) is 14.0. The van der Waals surface area contributed by atoms with Crippen molar-refractivity contribution < 1.29 is 5.11 Å². The first kappa shape index (κ1) is 15.3. The summed E-state index contributed by atoms with van der Waals surface area (Å²) < 4.78 is 0. The summed E-state index contributed by atoms with van der Waals surface area (Å²) in [5, 5.41) is 13.4. The Hall–Kier alpha value is -0.120. The summed E-state index contributed by atoms with van der Waals surface area (Å²) >= 11 is 0. The molecule has 0 radical (unpaired) electrons. The van der Waals surface area contributed by atoms with E-state index in [1.807, 2.05) is 0 Å². The minimum Gasteiger partial charge on any atom is -0.394 e. The second-order valence-electron chi connectivity index (χ2n) is 7.42. The van der Waals surface area contributed by atoms with Crippen molar-refractivity contribution in [1.29, 1.82) is 0 Å². The van der Waals surface area contributed by atoms with Crippen molar-refractivity contribution in [1.82, 2.24) is 10.2 Å². The van der Waals surface area contributed by atoms with Crippen LogP contribution in [0, 0.1) is 5.92 Å². The molecule has 1 aliphatic heterocycles. The molecule has 1 saturated carbocycles. The molecular formula is C16H32N2O. The highest BCUT2D eigenvalue weighted by atomic mass is 16.3. The molecule has 1 aliphatic carbocycles. The van der Waals surface area contributed by atoms with Crippen molar-refractivity contribution in [3.05, 3.63) is 0 Å². The lowest BCUT2D eigenvalue weighted by molar-refractivity contribution is 0.0532. The molecule has 4 atom stereocenters. The van der Waals surface area contributed by atoms with E-state index in [1.165, 1.54) is 32.2 Å². The Balaban J connectivity index is 1.91. The van der Waals surface area contributed by atoms with Gasteiger partial charge in [0.05, 0.1) is 6.61 Å². The Morgan fingerprint density at radius 1 is 1.26 bits per heavy atom. The molecule has 2 N–H and O–H groups in total. The van der Waals surface area contributed by atoms with E-state index in [0.717, 1.165) is 12.3 Å². The topological polar surface area (TPSA) is 35.5 Å². The highest BCUT2D eigenvalue weighted by molar-refractivity contribution is 4.95. The molecule has 3 heteroatoms. The van der Waals surface area contributed by atoms with Gasteiger partial charge in [0.1, 0.15) is 0 Å². The number of hydrogen-bond acceptors (Lipinski definition) is 3. The van der Waals surface area contributed by atoms with Gasteiger partial charge in [0, 0.05) is 30.2 Å². The average molecular weight is 268 g/mol. The van der Waals surface area contributed by atoms with Crippen LogP contribution in [0.3, 0.4) is 0 Å². The van der Waals surface area contributed by atoms with Gasteiger partial charge in [-0.05, 0) is 58.8 Å². The van der Waals surface area contributed by atoms with E-state index < -0.39 is 0 Å². The highest BCUT2D eigenvalue weighted by Crippen LogP contribution is 2.29. The normalized spacial score (nSPS) is 33.9. The number of piperidine rings is 1. The summed E-state index contributed by atoms with van der Waals surface area (Å²) in [6, 6.07) is 1.89. The van der Waals surface area contributed by atoms with Gasteiger partial charge in [0.15, 0.2) is 0 Å². The van der Waals surface area contributed by atoms with Crippen molar-refractivity contribution in [2.75, 3.05) is 13.2 Å². The minimum atomic E-state index is -0.110. The third kappa shape index (κ3) is 4.17. The van der Waals surface area contributed by atoms with Crippen molar-refractivity contribution in [2.45, 2.75) is 83.5 Å². The Bertz CT molecular complexity index is 292. The Labute approximate surface area is 118 Å². The lowest BCUT2D eigenvalue weighted by Gasteiger charge is -2.43. The van der Waals surface area contributed by atoms with Crippen LogP contribution in [-0.2, 0) is 0 Å². The van der Waals surface area contributed by atoms with Crippen LogP contribution in [0.2, 0.25) is 0 Å². The van der Waals surface area contributed by atoms with E-state index in [0.29, 0.717) is 18.1 Å². The predicted octanol–water partition coefficient (Wildman–Crippen LogP) is 2.39. The molecule has 0 aromatic carbocycles. The SMILES string of the molecule is CC1CCC(C)N(C(C)CC(C)(CO)NC2CC2)C1. The van der Waals surface area contributed by atoms with Gasteiger partial charge >= 0.3 is 0 Å². The highest BCUT2D eigenvalue weighted by Gasteiger charge is 2.36. The first-order valence-corrected chi connectivity index (χ1v) is 8.08. The van der Waals surface area contributed by atoms with E-state index in [1.54, 1.807) is 0 Å². The maximum Gasteiger partial charge on any atom is 0.0611 e. The monoisotopic (exact) mass is 268 g/mol. The van der Waals surface area contributed by atoms with E-state index in [-0.39, 0.29) is 12.1 Å². The van der Waals surface area contributed by atoms with Gasteiger partial charge in [-0.25, -0.2) is 0 Å². The largest absolute Gasteiger partial charge is 0.394 e. The van der Waals surface area contributed by atoms with Gasteiger partial charge < -0.3 is 10.4 Å². The van der Waals surface area contributed by atoms with Gasteiger partial charge in [-0.15, -0.1) is 0 Å². The number of aliphatic hydroxyl groups excluding tert-OH is 1. The molecule has 0 bridgehead atoms. The molecule has 0 spiro atoms. The summed E-state index contributed by atoms with van der Waals surface area (Å²) in [5.41, 5.74) is -0.110. The smallest absolute Gasteiger partial charge is 0.0611 e. The lowest BCUT2D eigenvalue weighted by Crippen LogP contribution is -2.54. The van der Waals surface area contributed by atoms with E-state index in [2.05, 4.69) is 37.9 Å². The van der Waals surface area contributed by atoms with Crippen molar-refractivity contribution in [3.8, 4) is 0 Å². The third-order valence-corrected chi connectivity index (χ3v) is 4.96. The molecule has 0 amide bonds. The zero-order valence-corrected chi connectivity index (χ0v) is 13.2. The second kappa shape index (κ2) is 6.11. The van der Waals surface area contributed by atoms with Crippen molar-refractivity contribution in [2.24, 2.45) is 5.92 Å². The van der Waals surface area contributed by atoms with Gasteiger partial charge in [0.2, 0.25) is 0 Å². The van der Waals surface area contributed by atoms with Crippen LogP contribution in [0.5, 0.6) is 0 Å². The fourth-order valence-corrected chi connectivity index (χ4v) is 3.60. The molecule has 2 aliphatic rings. The minimum absolute atomic E-state index is 0.110. The van der Waals surface area contributed by atoms with Gasteiger partial charge in [-0.2, -0.15) is 0 Å². The maximum atomic E-state index is 9.75. The number of nitrogens with one attached hydrogen (secondary N) is 1. The van der Waals surface area contributed by atoms with Crippen LogP contribution in [0.15, 0.2) is 0 Å². The number of hydrogen-bond donors (Lipinski definition) is 2. The quantitative estimate of drug-likeness (QED) is 0.776. The van der Waals surface area contributed by atoms with Crippen LogP contribution in [0.1, 0.15) is 59.8 Å². The molecule has 1 heterocycles. The van der Waals surface area contributed by atoms with Crippen molar-refractivity contribution >= 4 is 0 Å². The van der Waals surface area contributed by atoms with Crippen LogP contribution in [-0.4, -0.2) is 46.8 Å². The van der Waals surface area contributed by atoms with E-state index in [4.69, 9.17) is 0 Å². The predicted molar refractivity (Wildman–Crippen MR) is 80.3 cm³/mol. The number of nitrogens with zero attached hydrogens (tertiary/aromatic N) is 1. The molecule has 2 rings (SSSR count). The maximum absolute atomic E-state index is 9.75. The Morgan fingerprint density at radius 3 is 2.53 bits per heavy atom. The first-order valence-electron chi connectivity index (χ1n) is 8.08. The summed E-state index contributed by atoms with van der Waals surface area (Å²) in [6.07, 6.45) is 6.28. The molecule has 3 nitrogen and oxygen atoms in total. The number of aliphatic hydroxyl groups is 1. The average Bonchev–Trinajstić information content (AvgIpc) is 3.15. The fourth-order valence-electron chi connectivity index (χ4n) is 3.60. The summed E-state index contributed by atoms with van der Waals surface area (Å²) in [6.45, 7) is 10.7. The van der Waals surface area contributed by atoms with Gasteiger partial charge in [0.25, 0.3) is 0 Å². The fraction of sp³-hybridized carbons (Fsp3) is 1.00. The van der Waals surface area contributed by atoms with E-state index in [9.17, 15) is 5.11 Å². The second-order valence-corrected chi connectivity index (χ2v) is 7.42. The molecule has 2 fully saturated rings. The lowest BCUT2D eigenvalue weighted by atomic mass is 9.89. The molecule has 112 valence electrons. The van der Waals surface area contributed by atoms with Crippen LogP contribution < -0.4 is 5.32 Å². The summed E-state index contributed by atoms with van der Waals surface area (Å²) in [7, 11) is 0. The molecule has 0 aromatic heterocycles. The third-order valence-electron chi connectivity index (χ3n) is 4.96. The van der Waals surface area contributed by atoms with Crippen LogP contribution in [0.25, 0.3) is 0 Å². The number of rotatable bonds is 6. The van der Waals surface area contributed by atoms with Crippen LogP contribution >= 0.6 is 0 Å². The van der Waals surface area contributed by atoms with Crippen molar-refractivity contribution in [3.63, 3.8) is 0 Å². The Kier molecular flexibility index (Phi) is 4.91. The van der Waals surface area contributed by atoms with E-state index >= 15 is 0 Å². The standard InChI is InChI=1S/C16H32N2O/c1-12-5-6-13(2)18(10-12)14(3)9-16(4,11-19)17-15-7-8-15/h12-15,17,19H,5-11H2,1-4H3. The van der Waals surface area contributed by atoms with Crippen LogP contribution in [0.4, 0.5) is 0 Å². The molecule has 0 aromatic rings. The molecule has 1 saturated heterocycles. The number of likely N-dealkylation sites (tertiary alicyclic amines) is 1. The molecule has 4 unspecified atom stereocenters. The summed E-state index contributed by atoms with van der Waals surface area (Å²) in [4.78, 5) is 2.65. The van der Waals surface area contributed by atoms with Gasteiger partial charge in [-0.1, -0.05) is 6.92 Å². The zero-order valence-electron chi connectivity index (χ0n) is 13.2. The Morgan fingerprint density at radius 2 is 1.95 bits per heavy atom. The summed E-state index contributed by atoms with van der Waals surface area (Å²) in [5.74, 6) is 0.815. The van der Waals surface area contributed by atoms with Gasteiger partial charge in [-0.3, -0.25) is 4.90 Å². The first-order chi connectivity index (χ1) is 8.93. The molecular weight excluding hydrogens is 236 g/mol.